The van der Waals surface area contributed by atoms with E-state index in [4.69, 9.17) is 0 Å². The molecule has 1 amide bonds. The van der Waals surface area contributed by atoms with Crippen LogP contribution in [-0.2, 0) is 14.6 Å². The van der Waals surface area contributed by atoms with Crippen LogP contribution in [0.25, 0.3) is 0 Å². The zero-order valence-electron chi connectivity index (χ0n) is 12.3. The molecule has 20 heavy (non-hydrogen) atoms. The summed E-state index contributed by atoms with van der Waals surface area (Å²) < 4.78 is 23.8. The molecule has 2 aliphatic heterocycles. The third kappa shape index (κ3) is 2.72. The maximum absolute atomic E-state index is 12.2. The van der Waals surface area contributed by atoms with Gasteiger partial charge in [-0.2, -0.15) is 0 Å². The van der Waals surface area contributed by atoms with Crippen LogP contribution in [0.15, 0.2) is 0 Å². The van der Waals surface area contributed by atoms with E-state index in [1.165, 1.54) is 0 Å². The first-order valence-corrected chi connectivity index (χ1v) is 9.35. The van der Waals surface area contributed by atoms with E-state index in [0.717, 1.165) is 32.4 Å². The lowest BCUT2D eigenvalue weighted by Gasteiger charge is -2.28. The van der Waals surface area contributed by atoms with Crippen LogP contribution in [0.3, 0.4) is 0 Å². The van der Waals surface area contributed by atoms with Gasteiger partial charge in [0.1, 0.15) is 0 Å². The van der Waals surface area contributed by atoms with Crippen LogP contribution in [0, 0.1) is 11.3 Å². The van der Waals surface area contributed by atoms with Crippen LogP contribution in [0.2, 0.25) is 0 Å². The average Bonchev–Trinajstić information content (AvgIpc) is 2.74. The Labute approximate surface area is 121 Å². The van der Waals surface area contributed by atoms with Crippen LogP contribution >= 0.6 is 0 Å². The van der Waals surface area contributed by atoms with Gasteiger partial charge in [0, 0.05) is 12.0 Å². The number of nitrogens with zero attached hydrogens (tertiary/aromatic N) is 1. The number of carbonyl (C=O) groups excluding carboxylic acids is 1. The molecule has 0 spiro atoms. The van der Waals surface area contributed by atoms with Crippen molar-refractivity contribution in [1.82, 2.24) is 10.2 Å². The first-order valence-electron chi connectivity index (χ1n) is 7.53. The highest BCUT2D eigenvalue weighted by molar-refractivity contribution is 7.91. The summed E-state index contributed by atoms with van der Waals surface area (Å²) in [7, 11) is -3.02. The Bertz CT molecular complexity index is 509. The molecule has 3 atom stereocenters. The fraction of sp³-hybridized carbons (Fsp3) is 0.929. The van der Waals surface area contributed by atoms with Gasteiger partial charge in [0.15, 0.2) is 9.84 Å². The maximum atomic E-state index is 12.2. The predicted molar refractivity (Wildman–Crippen MR) is 77.1 cm³/mol. The van der Waals surface area contributed by atoms with Gasteiger partial charge < -0.3 is 5.32 Å². The molecule has 0 unspecified atom stereocenters. The van der Waals surface area contributed by atoms with Gasteiger partial charge in [0.2, 0.25) is 5.91 Å². The van der Waals surface area contributed by atoms with E-state index in [2.05, 4.69) is 24.1 Å². The molecule has 1 saturated carbocycles. The molecule has 1 N–H and O–H groups in total. The van der Waals surface area contributed by atoms with Gasteiger partial charge in [-0.1, -0.05) is 13.8 Å². The molecule has 0 aromatic heterocycles. The van der Waals surface area contributed by atoms with E-state index < -0.39 is 9.84 Å². The molecular weight excluding hydrogens is 276 g/mol. The van der Waals surface area contributed by atoms with Crippen molar-refractivity contribution < 1.29 is 13.2 Å². The highest BCUT2D eigenvalue weighted by Gasteiger charge is 2.52. The molecule has 5 nitrogen and oxygen atoms in total. The standard InChI is InChI=1S/C14H24N2O3S/c1-14(2)7-10(14)13(17)15-11-8-20(18,19)9-12(11)16-5-3-4-6-16/h10-12H,3-9H2,1-2H3,(H,15,17)/t10-,11-,12-/m1/s1. The van der Waals surface area contributed by atoms with Gasteiger partial charge in [0.05, 0.1) is 17.5 Å². The topological polar surface area (TPSA) is 66.5 Å². The smallest absolute Gasteiger partial charge is 0.223 e. The number of carbonyl (C=O) groups is 1. The van der Waals surface area contributed by atoms with E-state index in [-0.39, 0.29) is 40.8 Å². The summed E-state index contributed by atoms with van der Waals surface area (Å²) in [6.07, 6.45) is 3.17. The van der Waals surface area contributed by atoms with Gasteiger partial charge in [-0.3, -0.25) is 9.69 Å². The fourth-order valence-electron chi connectivity index (χ4n) is 3.60. The van der Waals surface area contributed by atoms with Crippen molar-refractivity contribution in [2.45, 2.75) is 45.2 Å². The summed E-state index contributed by atoms with van der Waals surface area (Å²) in [6, 6.07) is -0.240. The highest BCUT2D eigenvalue weighted by Crippen LogP contribution is 2.51. The molecule has 114 valence electrons. The zero-order chi connectivity index (χ0) is 14.5. The Morgan fingerprint density at radius 3 is 2.35 bits per heavy atom. The summed E-state index contributed by atoms with van der Waals surface area (Å²) in [5.41, 5.74) is 0.0880. The van der Waals surface area contributed by atoms with Crippen molar-refractivity contribution in [1.29, 1.82) is 0 Å². The van der Waals surface area contributed by atoms with E-state index in [1.54, 1.807) is 0 Å². The molecule has 0 aromatic rings. The normalized spacial score (nSPS) is 38.8. The molecule has 0 radical (unpaired) electrons. The number of rotatable bonds is 3. The van der Waals surface area contributed by atoms with E-state index >= 15 is 0 Å². The highest BCUT2D eigenvalue weighted by atomic mass is 32.2. The van der Waals surface area contributed by atoms with E-state index in [1.807, 2.05) is 0 Å². The number of nitrogens with one attached hydrogen (secondary N) is 1. The van der Waals surface area contributed by atoms with Crippen molar-refractivity contribution in [2.24, 2.45) is 11.3 Å². The van der Waals surface area contributed by atoms with Crippen molar-refractivity contribution in [2.75, 3.05) is 24.6 Å². The lowest BCUT2D eigenvalue weighted by atomic mass is 10.1. The quantitative estimate of drug-likeness (QED) is 0.820. The first-order chi connectivity index (χ1) is 9.28. The summed E-state index contributed by atoms with van der Waals surface area (Å²) in [5.74, 6) is 0.408. The van der Waals surface area contributed by atoms with Crippen LogP contribution < -0.4 is 5.32 Å². The number of hydrogen-bond donors (Lipinski definition) is 1. The van der Waals surface area contributed by atoms with E-state index in [9.17, 15) is 13.2 Å². The Morgan fingerprint density at radius 2 is 1.80 bits per heavy atom. The second kappa shape index (κ2) is 4.70. The monoisotopic (exact) mass is 300 g/mol. The molecule has 6 heteroatoms. The third-order valence-corrected chi connectivity index (χ3v) is 6.81. The minimum atomic E-state index is -3.02. The molecule has 1 aliphatic carbocycles. The van der Waals surface area contributed by atoms with Crippen molar-refractivity contribution >= 4 is 15.7 Å². The van der Waals surface area contributed by atoms with Crippen LogP contribution in [0.5, 0.6) is 0 Å². The molecule has 2 saturated heterocycles. The average molecular weight is 300 g/mol. The Morgan fingerprint density at radius 1 is 1.20 bits per heavy atom. The lowest BCUT2D eigenvalue weighted by molar-refractivity contribution is -0.123. The van der Waals surface area contributed by atoms with Gasteiger partial charge in [-0.15, -0.1) is 0 Å². The third-order valence-electron chi connectivity index (χ3n) is 5.09. The predicted octanol–water partition coefficient (Wildman–Crippen LogP) is 0.410. The van der Waals surface area contributed by atoms with Crippen molar-refractivity contribution in [3.8, 4) is 0 Å². The minimum Gasteiger partial charge on any atom is -0.350 e. The number of hydrogen-bond acceptors (Lipinski definition) is 4. The first kappa shape index (κ1) is 14.3. The Hall–Kier alpha value is -0.620. The van der Waals surface area contributed by atoms with E-state index in [0.29, 0.717) is 0 Å². The van der Waals surface area contributed by atoms with Gasteiger partial charge in [0.25, 0.3) is 0 Å². The summed E-state index contributed by atoms with van der Waals surface area (Å²) in [5, 5.41) is 3.02. The van der Waals surface area contributed by atoms with Gasteiger partial charge >= 0.3 is 0 Å². The van der Waals surface area contributed by atoms with Crippen LogP contribution in [-0.4, -0.2) is 55.9 Å². The van der Waals surface area contributed by atoms with Gasteiger partial charge in [-0.05, 0) is 37.8 Å². The maximum Gasteiger partial charge on any atom is 0.223 e. The second-order valence-corrected chi connectivity index (χ2v) is 9.40. The minimum absolute atomic E-state index is 0.0201. The van der Waals surface area contributed by atoms with Crippen molar-refractivity contribution in [3.63, 3.8) is 0 Å². The number of sulfone groups is 1. The molecule has 0 bridgehead atoms. The summed E-state index contributed by atoms with van der Waals surface area (Å²) in [6.45, 7) is 6.09. The molecular formula is C14H24N2O3S. The fourth-order valence-corrected chi connectivity index (χ4v) is 5.55. The van der Waals surface area contributed by atoms with Crippen molar-refractivity contribution in [3.05, 3.63) is 0 Å². The molecule has 3 aliphatic rings. The van der Waals surface area contributed by atoms with Crippen LogP contribution in [0.1, 0.15) is 33.1 Å². The summed E-state index contributed by atoms with van der Waals surface area (Å²) >= 11 is 0. The lowest BCUT2D eigenvalue weighted by Crippen LogP contribution is -2.50. The summed E-state index contributed by atoms with van der Waals surface area (Å²) in [4.78, 5) is 14.5. The van der Waals surface area contributed by atoms with Crippen LogP contribution in [0.4, 0.5) is 0 Å². The Kier molecular flexibility index (Phi) is 3.36. The molecule has 0 aromatic carbocycles. The molecule has 3 fully saturated rings. The number of likely N-dealkylation sites (tertiary alicyclic amines) is 1. The van der Waals surface area contributed by atoms with Gasteiger partial charge in [-0.25, -0.2) is 8.42 Å². The zero-order valence-corrected chi connectivity index (χ0v) is 13.1. The SMILES string of the molecule is CC1(C)C[C@@H]1C(=O)N[C@@H]1CS(=O)(=O)C[C@H]1N1CCCC1. The Balaban J connectivity index is 1.68. The number of amides is 1. The largest absolute Gasteiger partial charge is 0.350 e. The molecule has 3 rings (SSSR count). The second-order valence-electron chi connectivity index (χ2n) is 7.25. The molecule has 2 heterocycles.